The first-order valence-electron chi connectivity index (χ1n) is 9.31. The van der Waals surface area contributed by atoms with Crippen LogP contribution in [-0.4, -0.2) is 24.8 Å². The van der Waals surface area contributed by atoms with Crippen LogP contribution in [-0.2, 0) is 19.7 Å². The molecule has 0 fully saturated rings. The van der Waals surface area contributed by atoms with Crippen LogP contribution in [0, 0.1) is 0 Å². The van der Waals surface area contributed by atoms with E-state index in [1.165, 1.54) is 38.1 Å². The molecule has 0 aromatic heterocycles. The fourth-order valence-corrected chi connectivity index (χ4v) is 3.36. The van der Waals surface area contributed by atoms with Gasteiger partial charge in [0.15, 0.2) is 0 Å². The maximum Gasteiger partial charge on any atom is 1.00 e. The summed E-state index contributed by atoms with van der Waals surface area (Å²) in [6.45, 7) is 2.72. The van der Waals surface area contributed by atoms with E-state index in [1.807, 2.05) is 0 Å². The predicted octanol–water partition coefficient (Wildman–Crippen LogP) is 1.10. The van der Waals surface area contributed by atoms with Gasteiger partial charge in [-0.25, -0.2) is 8.42 Å². The van der Waals surface area contributed by atoms with Crippen molar-refractivity contribution in [1.82, 2.24) is 0 Å². The van der Waals surface area contributed by atoms with E-state index < -0.39 is 15.0 Å². The number of carbonyl (C=O) groups excluding carboxylic acids is 2. The Morgan fingerprint density at radius 1 is 0.758 bits per heavy atom. The maximum atomic E-state index is 11.7. The Bertz CT molecular complexity index is 1280. The molecule has 0 atom stereocenters. The quantitative estimate of drug-likeness (QED) is 0.384. The molecule has 9 nitrogen and oxygen atoms in total. The van der Waals surface area contributed by atoms with Crippen molar-refractivity contribution in [3.8, 4) is 23.0 Å². The Morgan fingerprint density at radius 3 is 1.73 bits per heavy atom. The number of rotatable bonds is 7. The van der Waals surface area contributed by atoms with Crippen LogP contribution in [0.5, 0.6) is 23.0 Å². The molecule has 3 aromatic rings. The molecule has 3 rings (SSSR count). The minimum atomic E-state index is -4.84. The van der Waals surface area contributed by atoms with Gasteiger partial charge in [0, 0.05) is 43.4 Å². The molecule has 0 aliphatic heterocycles. The summed E-state index contributed by atoms with van der Waals surface area (Å²) in [5, 5.41) is 5.21. The van der Waals surface area contributed by atoms with Crippen LogP contribution in [0.1, 0.15) is 13.8 Å². The molecule has 0 radical (unpaired) electrons. The van der Waals surface area contributed by atoms with Crippen molar-refractivity contribution in [1.29, 1.82) is 0 Å². The normalized spacial score (nSPS) is 10.5. The van der Waals surface area contributed by atoms with Gasteiger partial charge in [0.25, 0.3) is 0 Å². The molecule has 0 saturated carbocycles. The van der Waals surface area contributed by atoms with Gasteiger partial charge in [-0.2, -0.15) is 0 Å². The molecule has 0 aliphatic carbocycles. The van der Waals surface area contributed by atoms with E-state index >= 15 is 0 Å². The van der Waals surface area contributed by atoms with Gasteiger partial charge >= 0.3 is 29.6 Å². The number of anilines is 2. The molecule has 2 amide bonds. The SMILES string of the molecule is CC(=O)Nc1cccc(Oc2ccc(S(=O)(=O)[O-])c(Oc3cccc(NC(C)=O)c3)c2)c1.[Na+]. The summed E-state index contributed by atoms with van der Waals surface area (Å²) in [5.41, 5.74) is 0.948. The number of nitrogens with one attached hydrogen (secondary N) is 2. The Balaban J connectivity index is 0.00000385. The first-order valence-corrected chi connectivity index (χ1v) is 10.7. The molecule has 0 heterocycles. The first kappa shape index (κ1) is 26.4. The van der Waals surface area contributed by atoms with Gasteiger partial charge in [-0.1, -0.05) is 12.1 Å². The zero-order chi connectivity index (χ0) is 23.3. The molecule has 11 heteroatoms. The second-order valence-corrected chi connectivity index (χ2v) is 8.03. The van der Waals surface area contributed by atoms with Gasteiger partial charge in [-0.05, 0) is 36.4 Å². The van der Waals surface area contributed by atoms with Crippen molar-refractivity contribution in [2.45, 2.75) is 18.7 Å². The topological polar surface area (TPSA) is 134 Å². The van der Waals surface area contributed by atoms with E-state index in [2.05, 4.69) is 10.6 Å². The number of hydrogen-bond acceptors (Lipinski definition) is 7. The third kappa shape index (κ3) is 7.88. The summed E-state index contributed by atoms with van der Waals surface area (Å²) < 4.78 is 46.5. The molecule has 33 heavy (non-hydrogen) atoms. The molecule has 0 unspecified atom stereocenters. The van der Waals surface area contributed by atoms with E-state index in [-0.39, 0.29) is 58.6 Å². The summed E-state index contributed by atoms with van der Waals surface area (Å²) in [6.07, 6.45) is 0. The van der Waals surface area contributed by atoms with E-state index in [0.29, 0.717) is 17.1 Å². The van der Waals surface area contributed by atoms with Gasteiger partial charge in [0.05, 0.1) is 4.90 Å². The second-order valence-electron chi connectivity index (χ2n) is 6.68. The first-order chi connectivity index (χ1) is 15.1. The molecule has 2 N–H and O–H groups in total. The fraction of sp³-hybridized carbons (Fsp3) is 0.0909. The Morgan fingerprint density at radius 2 is 1.24 bits per heavy atom. The Kier molecular flexibility index (Phi) is 9.03. The molecule has 0 saturated heterocycles. The molecule has 3 aromatic carbocycles. The number of benzene rings is 3. The minimum Gasteiger partial charge on any atom is -0.744 e. The molecule has 0 bridgehead atoms. The number of ether oxygens (including phenoxy) is 2. The number of hydrogen-bond donors (Lipinski definition) is 2. The largest absolute Gasteiger partial charge is 1.00 e. The van der Waals surface area contributed by atoms with Crippen molar-refractivity contribution in [3.63, 3.8) is 0 Å². The maximum absolute atomic E-state index is 11.7. The van der Waals surface area contributed by atoms with Crippen LogP contribution in [0.3, 0.4) is 0 Å². The van der Waals surface area contributed by atoms with E-state index in [1.54, 1.807) is 36.4 Å². The van der Waals surface area contributed by atoms with Crippen LogP contribution in [0.15, 0.2) is 71.6 Å². The summed E-state index contributed by atoms with van der Waals surface area (Å²) in [5.74, 6) is -0.00868. The average molecular weight is 478 g/mol. The van der Waals surface area contributed by atoms with E-state index in [4.69, 9.17) is 9.47 Å². The van der Waals surface area contributed by atoms with Gasteiger partial charge in [-0.15, -0.1) is 0 Å². The van der Waals surface area contributed by atoms with Gasteiger partial charge in [0.1, 0.15) is 33.1 Å². The van der Waals surface area contributed by atoms with Crippen LogP contribution in [0.4, 0.5) is 11.4 Å². The van der Waals surface area contributed by atoms with Crippen molar-refractivity contribution in [3.05, 3.63) is 66.7 Å². The summed E-state index contributed by atoms with van der Waals surface area (Å²) in [7, 11) is -4.84. The average Bonchev–Trinajstić information content (AvgIpc) is 2.67. The monoisotopic (exact) mass is 478 g/mol. The zero-order valence-electron chi connectivity index (χ0n) is 18.1. The van der Waals surface area contributed by atoms with Gasteiger partial charge in [-0.3, -0.25) is 9.59 Å². The Labute approximate surface area is 213 Å². The predicted molar refractivity (Wildman–Crippen MR) is 116 cm³/mol. The van der Waals surface area contributed by atoms with Crippen molar-refractivity contribution >= 4 is 33.3 Å². The van der Waals surface area contributed by atoms with Crippen LogP contribution in [0.25, 0.3) is 0 Å². The smallest absolute Gasteiger partial charge is 0.744 e. The molecular formula is C22H19N2NaO7S. The molecular weight excluding hydrogens is 459 g/mol. The van der Waals surface area contributed by atoms with Crippen LogP contribution in [0.2, 0.25) is 0 Å². The third-order valence-corrected chi connectivity index (χ3v) is 4.83. The van der Waals surface area contributed by atoms with Crippen LogP contribution < -0.4 is 49.7 Å². The summed E-state index contributed by atoms with van der Waals surface area (Å²) in [4.78, 5) is 21.9. The molecule has 0 aliphatic rings. The summed E-state index contributed by atoms with van der Waals surface area (Å²) >= 11 is 0. The minimum absolute atomic E-state index is 0. The molecule has 166 valence electrons. The van der Waals surface area contributed by atoms with Crippen LogP contribution >= 0.6 is 0 Å². The van der Waals surface area contributed by atoms with Gasteiger partial charge < -0.3 is 24.7 Å². The third-order valence-electron chi connectivity index (χ3n) is 3.96. The second kappa shape index (κ2) is 11.3. The fourth-order valence-electron chi connectivity index (χ4n) is 2.78. The Hall–Kier alpha value is -2.89. The number of amides is 2. The van der Waals surface area contributed by atoms with E-state index in [0.717, 1.165) is 6.07 Å². The van der Waals surface area contributed by atoms with Crippen molar-refractivity contribution in [2.24, 2.45) is 0 Å². The molecule has 0 spiro atoms. The van der Waals surface area contributed by atoms with Crippen molar-refractivity contribution < 1.29 is 61.6 Å². The van der Waals surface area contributed by atoms with E-state index in [9.17, 15) is 22.6 Å². The van der Waals surface area contributed by atoms with Crippen molar-refractivity contribution in [2.75, 3.05) is 10.6 Å². The standard InChI is InChI=1S/C22H20N2O7S.Na/c1-14(25)23-16-5-3-7-18(11-16)30-20-9-10-22(32(27,28)29)21(13-20)31-19-8-4-6-17(12-19)24-15(2)26;/h3-13H,1-2H3,(H,23,25)(H,24,26)(H,27,28,29);/q;+1/p-1. The summed E-state index contributed by atoms with van der Waals surface area (Å²) in [6, 6.07) is 16.5. The van der Waals surface area contributed by atoms with Gasteiger partial charge in [0.2, 0.25) is 11.8 Å². The number of carbonyl (C=O) groups is 2. The zero-order valence-corrected chi connectivity index (χ0v) is 20.9.